The Hall–Kier alpha value is -1.70. The van der Waals surface area contributed by atoms with E-state index in [0.29, 0.717) is 10.6 Å². The van der Waals surface area contributed by atoms with Crippen LogP contribution in [0.25, 0.3) is 0 Å². The van der Waals surface area contributed by atoms with Gasteiger partial charge in [-0.15, -0.1) is 11.3 Å². The highest BCUT2D eigenvalue weighted by atomic mass is 32.2. The normalized spacial score (nSPS) is 14.1. The van der Waals surface area contributed by atoms with E-state index in [2.05, 4.69) is 10.0 Å². The van der Waals surface area contributed by atoms with Gasteiger partial charge < -0.3 is 5.32 Å². The van der Waals surface area contributed by atoms with Crippen LogP contribution in [0.3, 0.4) is 0 Å². The van der Waals surface area contributed by atoms with Gasteiger partial charge in [-0.05, 0) is 28.6 Å². The van der Waals surface area contributed by atoms with Crippen molar-refractivity contribution in [3.8, 4) is 0 Å². The molecule has 0 saturated carbocycles. The Morgan fingerprint density at radius 2 is 2.15 bits per heavy atom. The summed E-state index contributed by atoms with van der Waals surface area (Å²) in [5.41, 5.74) is 2.54. The summed E-state index contributed by atoms with van der Waals surface area (Å²) in [7, 11) is -3.45. The number of nitrogens with one attached hydrogen (secondary N) is 2. The zero-order valence-corrected chi connectivity index (χ0v) is 12.1. The highest BCUT2D eigenvalue weighted by Crippen LogP contribution is 2.24. The van der Waals surface area contributed by atoms with Gasteiger partial charge in [-0.2, -0.15) is 0 Å². The van der Waals surface area contributed by atoms with E-state index in [1.54, 1.807) is 29.6 Å². The molecule has 1 aromatic carbocycles. The molecule has 3 rings (SSSR count). The summed E-state index contributed by atoms with van der Waals surface area (Å²) in [4.78, 5) is 11.3. The number of sulfonamides is 1. The topological polar surface area (TPSA) is 75.3 Å². The number of hydrogen-bond donors (Lipinski definition) is 2. The Morgan fingerprint density at radius 3 is 2.90 bits per heavy atom. The third-order valence-electron chi connectivity index (χ3n) is 3.02. The van der Waals surface area contributed by atoms with Gasteiger partial charge in [0.25, 0.3) is 0 Å². The summed E-state index contributed by atoms with van der Waals surface area (Å²) < 4.78 is 26.8. The fourth-order valence-electron chi connectivity index (χ4n) is 2.06. The molecule has 2 N–H and O–H groups in total. The van der Waals surface area contributed by atoms with E-state index >= 15 is 0 Å². The molecule has 104 valence electrons. The molecule has 1 aliphatic heterocycles. The van der Waals surface area contributed by atoms with Crippen LogP contribution in [0.4, 0.5) is 5.69 Å². The maximum atomic E-state index is 12.0. The quantitative estimate of drug-likeness (QED) is 0.903. The second-order valence-electron chi connectivity index (χ2n) is 4.47. The van der Waals surface area contributed by atoms with Gasteiger partial charge >= 0.3 is 0 Å². The Labute approximate surface area is 120 Å². The number of rotatable bonds is 4. The second kappa shape index (κ2) is 5.01. The van der Waals surface area contributed by atoms with Gasteiger partial charge in [-0.3, -0.25) is 4.79 Å². The zero-order valence-electron chi connectivity index (χ0n) is 10.4. The predicted octanol–water partition coefficient (Wildman–Crippen LogP) is 1.72. The van der Waals surface area contributed by atoms with Gasteiger partial charge in [0.1, 0.15) is 4.21 Å². The highest BCUT2D eigenvalue weighted by molar-refractivity contribution is 7.91. The molecule has 0 unspecified atom stereocenters. The molecule has 7 heteroatoms. The van der Waals surface area contributed by atoms with Gasteiger partial charge in [0.15, 0.2) is 0 Å². The van der Waals surface area contributed by atoms with Gasteiger partial charge in [0.05, 0.1) is 6.42 Å². The molecule has 2 aromatic rings. The molecule has 0 aliphatic carbocycles. The first-order chi connectivity index (χ1) is 9.54. The van der Waals surface area contributed by atoms with E-state index in [1.807, 2.05) is 6.07 Å². The summed E-state index contributed by atoms with van der Waals surface area (Å²) in [6.07, 6.45) is 0.348. The Bertz CT molecular complexity index is 752. The summed E-state index contributed by atoms with van der Waals surface area (Å²) in [5.74, 6) is -0.0312. The SMILES string of the molecule is O=C1Cc2cc(CNS(=O)(=O)c3cccs3)ccc2N1. The molecule has 0 spiro atoms. The molecule has 0 atom stereocenters. The Kier molecular flexibility index (Phi) is 3.33. The van der Waals surface area contributed by atoms with Crippen molar-refractivity contribution in [2.75, 3.05) is 5.32 Å². The number of amides is 1. The van der Waals surface area contributed by atoms with Crippen LogP contribution in [0.5, 0.6) is 0 Å². The standard InChI is InChI=1S/C13H12N2O3S2/c16-12-7-10-6-9(3-4-11(10)15-12)8-14-20(17,18)13-2-1-5-19-13/h1-6,14H,7-8H2,(H,15,16). The Morgan fingerprint density at radius 1 is 1.30 bits per heavy atom. The van der Waals surface area contributed by atoms with Gasteiger partial charge in [-0.1, -0.05) is 18.2 Å². The minimum Gasteiger partial charge on any atom is -0.326 e. The summed E-state index contributed by atoms with van der Waals surface area (Å²) in [6, 6.07) is 8.73. The van der Waals surface area contributed by atoms with E-state index in [1.165, 1.54) is 11.3 Å². The molecule has 20 heavy (non-hydrogen) atoms. The minimum atomic E-state index is -3.45. The molecule has 0 fully saturated rings. The molecule has 0 saturated heterocycles. The number of benzene rings is 1. The third kappa shape index (κ3) is 2.60. The third-order valence-corrected chi connectivity index (χ3v) is 5.82. The summed E-state index contributed by atoms with van der Waals surface area (Å²) in [6.45, 7) is 0.210. The maximum Gasteiger partial charge on any atom is 0.250 e. The van der Waals surface area contributed by atoms with E-state index < -0.39 is 10.0 Å². The minimum absolute atomic E-state index is 0.0312. The lowest BCUT2D eigenvalue weighted by Gasteiger charge is -2.06. The molecule has 1 aliphatic rings. The molecular formula is C13H12N2O3S2. The number of anilines is 1. The average Bonchev–Trinajstić information content (AvgIpc) is 3.04. The second-order valence-corrected chi connectivity index (χ2v) is 7.41. The van der Waals surface area contributed by atoms with Crippen LogP contribution in [0.15, 0.2) is 39.9 Å². The molecule has 1 aromatic heterocycles. The molecule has 2 heterocycles. The summed E-state index contributed by atoms with van der Waals surface area (Å²) >= 11 is 1.18. The van der Waals surface area contributed by atoms with Gasteiger partial charge in [-0.25, -0.2) is 13.1 Å². The monoisotopic (exact) mass is 308 g/mol. The van der Waals surface area contributed by atoms with E-state index in [9.17, 15) is 13.2 Å². The van der Waals surface area contributed by atoms with Crippen LogP contribution in [0, 0.1) is 0 Å². The fraction of sp³-hybridized carbons (Fsp3) is 0.154. The van der Waals surface area contributed by atoms with Crippen LogP contribution in [-0.2, 0) is 27.8 Å². The van der Waals surface area contributed by atoms with Crippen molar-refractivity contribution < 1.29 is 13.2 Å². The zero-order chi connectivity index (χ0) is 14.2. The number of carbonyl (C=O) groups is 1. The van der Waals surface area contributed by atoms with Crippen LogP contribution < -0.4 is 10.0 Å². The van der Waals surface area contributed by atoms with Crippen molar-refractivity contribution in [3.63, 3.8) is 0 Å². The largest absolute Gasteiger partial charge is 0.326 e. The van der Waals surface area contributed by atoms with Crippen molar-refractivity contribution >= 4 is 33.0 Å². The maximum absolute atomic E-state index is 12.0. The molecular weight excluding hydrogens is 296 g/mol. The Balaban J connectivity index is 1.74. The molecule has 1 amide bonds. The average molecular weight is 308 g/mol. The fourth-order valence-corrected chi connectivity index (χ4v) is 4.11. The van der Waals surface area contributed by atoms with E-state index in [0.717, 1.165) is 16.8 Å². The lowest BCUT2D eigenvalue weighted by molar-refractivity contribution is -0.115. The van der Waals surface area contributed by atoms with Crippen LogP contribution >= 0.6 is 11.3 Å². The lowest BCUT2D eigenvalue weighted by Crippen LogP contribution is -2.22. The molecule has 0 bridgehead atoms. The first-order valence-electron chi connectivity index (χ1n) is 5.99. The highest BCUT2D eigenvalue weighted by Gasteiger charge is 2.18. The number of hydrogen-bond acceptors (Lipinski definition) is 4. The first-order valence-corrected chi connectivity index (χ1v) is 8.36. The van der Waals surface area contributed by atoms with Crippen molar-refractivity contribution in [2.24, 2.45) is 0 Å². The number of carbonyl (C=O) groups excluding carboxylic acids is 1. The molecule has 5 nitrogen and oxygen atoms in total. The van der Waals surface area contributed by atoms with E-state index in [-0.39, 0.29) is 12.5 Å². The molecule has 0 radical (unpaired) electrons. The number of thiophene rings is 1. The van der Waals surface area contributed by atoms with Crippen molar-refractivity contribution in [1.29, 1.82) is 0 Å². The van der Waals surface area contributed by atoms with Gasteiger partial charge in [0, 0.05) is 12.2 Å². The van der Waals surface area contributed by atoms with Crippen LogP contribution in [0.1, 0.15) is 11.1 Å². The van der Waals surface area contributed by atoms with Crippen LogP contribution in [-0.4, -0.2) is 14.3 Å². The van der Waals surface area contributed by atoms with E-state index in [4.69, 9.17) is 0 Å². The summed E-state index contributed by atoms with van der Waals surface area (Å²) in [5, 5.41) is 4.47. The first kappa shape index (κ1) is 13.3. The lowest BCUT2D eigenvalue weighted by atomic mass is 10.1. The smallest absolute Gasteiger partial charge is 0.250 e. The van der Waals surface area contributed by atoms with Crippen LogP contribution in [0.2, 0.25) is 0 Å². The van der Waals surface area contributed by atoms with Crippen molar-refractivity contribution in [2.45, 2.75) is 17.2 Å². The number of fused-ring (bicyclic) bond motifs is 1. The van der Waals surface area contributed by atoms with Crippen molar-refractivity contribution in [3.05, 3.63) is 46.8 Å². The van der Waals surface area contributed by atoms with Crippen molar-refractivity contribution in [1.82, 2.24) is 4.72 Å². The predicted molar refractivity (Wildman–Crippen MR) is 77.1 cm³/mol. The van der Waals surface area contributed by atoms with Gasteiger partial charge in [0.2, 0.25) is 15.9 Å².